The van der Waals surface area contributed by atoms with Gasteiger partial charge in [-0.05, 0) is 54.0 Å². The van der Waals surface area contributed by atoms with Gasteiger partial charge in [-0.1, -0.05) is 80.1 Å². The Bertz CT molecular complexity index is 1170. The molecule has 0 unspecified atom stereocenters. The molecule has 2 atom stereocenters. The second-order valence-corrected chi connectivity index (χ2v) is 9.40. The molecule has 3 nitrogen and oxygen atoms in total. The van der Waals surface area contributed by atoms with Crippen LogP contribution in [0.5, 0.6) is 0 Å². The average molecular weight is 423 g/mol. The van der Waals surface area contributed by atoms with Gasteiger partial charge in [-0.2, -0.15) is 0 Å². The molecule has 3 aromatic rings. The number of ketones is 1. The maximum absolute atomic E-state index is 13.6. The summed E-state index contributed by atoms with van der Waals surface area (Å²) in [6.45, 7) is 6.51. The van der Waals surface area contributed by atoms with Crippen molar-refractivity contribution >= 4 is 17.2 Å². The van der Waals surface area contributed by atoms with Crippen molar-refractivity contribution in [2.75, 3.05) is 10.6 Å². The minimum Gasteiger partial charge on any atom is -0.372 e. The highest BCUT2D eigenvalue weighted by Crippen LogP contribution is 2.44. The van der Waals surface area contributed by atoms with E-state index in [2.05, 4.69) is 92.1 Å². The van der Waals surface area contributed by atoms with Crippen molar-refractivity contribution in [1.82, 2.24) is 0 Å². The zero-order valence-corrected chi connectivity index (χ0v) is 19.0. The van der Waals surface area contributed by atoms with Gasteiger partial charge in [-0.3, -0.25) is 4.79 Å². The first-order chi connectivity index (χ1) is 15.5. The van der Waals surface area contributed by atoms with Crippen LogP contribution in [0.1, 0.15) is 66.8 Å². The summed E-state index contributed by atoms with van der Waals surface area (Å²) in [5.41, 5.74) is 8.89. The maximum atomic E-state index is 13.6. The Balaban J connectivity index is 1.58. The van der Waals surface area contributed by atoms with E-state index in [1.165, 1.54) is 16.7 Å². The molecule has 162 valence electrons. The summed E-state index contributed by atoms with van der Waals surface area (Å²) in [4.78, 5) is 13.6. The number of hydrogen-bond acceptors (Lipinski definition) is 3. The van der Waals surface area contributed by atoms with E-state index in [1.54, 1.807) is 0 Å². The van der Waals surface area contributed by atoms with Crippen molar-refractivity contribution in [3.05, 3.63) is 106 Å². The van der Waals surface area contributed by atoms with E-state index < -0.39 is 0 Å². The molecule has 1 aliphatic carbocycles. The van der Waals surface area contributed by atoms with Gasteiger partial charge in [0.25, 0.3) is 0 Å². The molecule has 2 aliphatic rings. The molecule has 32 heavy (non-hydrogen) atoms. The third-order valence-electron chi connectivity index (χ3n) is 6.79. The number of carbonyl (C=O) groups is 1. The van der Waals surface area contributed by atoms with E-state index in [-0.39, 0.29) is 17.7 Å². The van der Waals surface area contributed by atoms with Crippen LogP contribution in [0.25, 0.3) is 0 Å². The minimum atomic E-state index is -0.158. The van der Waals surface area contributed by atoms with Gasteiger partial charge >= 0.3 is 0 Å². The van der Waals surface area contributed by atoms with E-state index in [0.717, 1.165) is 34.6 Å². The molecule has 3 aromatic carbocycles. The molecule has 0 aromatic heterocycles. The van der Waals surface area contributed by atoms with E-state index in [1.807, 2.05) is 12.1 Å². The molecule has 5 rings (SSSR count). The first-order valence-electron chi connectivity index (χ1n) is 11.5. The number of nitrogens with one attached hydrogen (secondary N) is 2. The smallest absolute Gasteiger partial charge is 0.163 e. The highest BCUT2D eigenvalue weighted by atomic mass is 16.1. The molecular formula is C29H30N2O. The third-order valence-corrected chi connectivity index (χ3v) is 6.79. The Hall–Kier alpha value is -3.33. The van der Waals surface area contributed by atoms with Gasteiger partial charge in [0.15, 0.2) is 5.78 Å². The largest absolute Gasteiger partial charge is 0.372 e. The van der Waals surface area contributed by atoms with Gasteiger partial charge in [0, 0.05) is 17.7 Å². The van der Waals surface area contributed by atoms with Crippen LogP contribution in [0.15, 0.2) is 84.1 Å². The maximum Gasteiger partial charge on any atom is 0.163 e. The molecule has 2 N–H and O–H groups in total. The summed E-state index contributed by atoms with van der Waals surface area (Å²) in [6, 6.07) is 25.4. The minimum absolute atomic E-state index is 0.158. The number of hydrogen-bond donors (Lipinski definition) is 2. The van der Waals surface area contributed by atoms with E-state index in [0.29, 0.717) is 12.3 Å². The van der Waals surface area contributed by atoms with Crippen LogP contribution in [-0.4, -0.2) is 5.78 Å². The normalized spacial score (nSPS) is 20.2. The number of Topliss-reactive ketones (excluding diaryl/α,β-unsaturated/α-hetero) is 1. The molecule has 0 saturated carbocycles. The van der Waals surface area contributed by atoms with Crippen molar-refractivity contribution in [2.24, 2.45) is 0 Å². The average Bonchev–Trinajstić information content (AvgIpc) is 2.96. The van der Waals surface area contributed by atoms with Crippen molar-refractivity contribution in [2.45, 2.75) is 51.5 Å². The highest BCUT2D eigenvalue weighted by Gasteiger charge is 2.36. The van der Waals surface area contributed by atoms with Crippen molar-refractivity contribution in [1.29, 1.82) is 0 Å². The Morgan fingerprint density at radius 1 is 0.812 bits per heavy atom. The molecule has 0 bridgehead atoms. The number of benzene rings is 3. The van der Waals surface area contributed by atoms with Gasteiger partial charge in [-0.15, -0.1) is 0 Å². The summed E-state index contributed by atoms with van der Waals surface area (Å²) in [7, 11) is 0. The van der Waals surface area contributed by atoms with Crippen molar-refractivity contribution < 1.29 is 4.79 Å². The molecule has 0 fully saturated rings. The summed E-state index contributed by atoms with van der Waals surface area (Å²) in [6.07, 6.45) is 1.38. The Morgan fingerprint density at radius 2 is 1.47 bits per heavy atom. The van der Waals surface area contributed by atoms with Crippen LogP contribution in [0.2, 0.25) is 0 Å². The number of para-hydroxylation sites is 2. The highest BCUT2D eigenvalue weighted by molar-refractivity contribution is 6.01. The molecule has 1 aliphatic heterocycles. The summed E-state index contributed by atoms with van der Waals surface area (Å²) in [5, 5.41) is 7.30. The van der Waals surface area contributed by atoms with E-state index in [9.17, 15) is 4.79 Å². The predicted molar refractivity (Wildman–Crippen MR) is 132 cm³/mol. The zero-order valence-electron chi connectivity index (χ0n) is 19.0. The number of aryl methyl sites for hydroxylation is 1. The van der Waals surface area contributed by atoms with E-state index in [4.69, 9.17) is 0 Å². The number of carbonyl (C=O) groups excluding carboxylic acids is 1. The molecule has 0 spiro atoms. The van der Waals surface area contributed by atoms with Crippen LogP contribution in [0, 0.1) is 6.92 Å². The Morgan fingerprint density at radius 3 is 2.16 bits per heavy atom. The standard InChI is InChI=1S/C29H30N2O/c1-18(2)20-12-14-22(15-13-20)29-28-26(30-24-6-4-5-7-25(24)31-29)16-23(17-27(28)32)21-10-8-19(3)9-11-21/h4-15,18,23,29-31H,16-17H2,1-3H3/t23-,29+/m1/s1. The van der Waals surface area contributed by atoms with Crippen LogP contribution in [0.4, 0.5) is 11.4 Å². The van der Waals surface area contributed by atoms with Crippen molar-refractivity contribution in [3.63, 3.8) is 0 Å². The second-order valence-electron chi connectivity index (χ2n) is 9.40. The van der Waals surface area contributed by atoms with Crippen LogP contribution in [-0.2, 0) is 4.79 Å². The molecule has 3 heteroatoms. The van der Waals surface area contributed by atoms with Gasteiger partial charge < -0.3 is 10.6 Å². The molecule has 1 heterocycles. The number of allylic oxidation sites excluding steroid dienone is 1. The lowest BCUT2D eigenvalue weighted by Gasteiger charge is -2.30. The van der Waals surface area contributed by atoms with E-state index >= 15 is 0 Å². The summed E-state index contributed by atoms with van der Waals surface area (Å²) in [5.74, 6) is 0.904. The molecule has 0 amide bonds. The summed E-state index contributed by atoms with van der Waals surface area (Å²) >= 11 is 0. The number of fused-ring (bicyclic) bond motifs is 1. The first kappa shape index (κ1) is 20.6. The summed E-state index contributed by atoms with van der Waals surface area (Å²) < 4.78 is 0. The van der Waals surface area contributed by atoms with Crippen LogP contribution < -0.4 is 10.6 Å². The van der Waals surface area contributed by atoms with Crippen LogP contribution in [0.3, 0.4) is 0 Å². The lowest BCUT2D eigenvalue weighted by molar-refractivity contribution is -0.116. The Labute approximate surface area is 190 Å². The van der Waals surface area contributed by atoms with Gasteiger partial charge in [0.05, 0.1) is 17.4 Å². The van der Waals surface area contributed by atoms with Crippen LogP contribution >= 0.6 is 0 Å². The molecule has 0 saturated heterocycles. The van der Waals surface area contributed by atoms with Gasteiger partial charge in [0.2, 0.25) is 0 Å². The topological polar surface area (TPSA) is 41.1 Å². The fourth-order valence-electron chi connectivity index (χ4n) is 4.89. The predicted octanol–water partition coefficient (Wildman–Crippen LogP) is 7.10. The number of anilines is 2. The zero-order chi connectivity index (χ0) is 22.2. The second kappa shape index (κ2) is 8.31. The van der Waals surface area contributed by atoms with Crippen molar-refractivity contribution in [3.8, 4) is 0 Å². The number of rotatable bonds is 3. The lowest BCUT2D eigenvalue weighted by atomic mass is 9.78. The Kier molecular flexibility index (Phi) is 5.34. The SMILES string of the molecule is Cc1ccc([C@H]2CC(=O)C3=C(C2)Nc2ccccc2N[C@H]3c2ccc(C(C)C)cc2)cc1. The molecule has 0 radical (unpaired) electrons. The monoisotopic (exact) mass is 422 g/mol. The fourth-order valence-corrected chi connectivity index (χ4v) is 4.89. The first-order valence-corrected chi connectivity index (χ1v) is 11.5. The lowest BCUT2D eigenvalue weighted by Crippen LogP contribution is -2.26. The van der Waals surface area contributed by atoms with Gasteiger partial charge in [-0.25, -0.2) is 0 Å². The quantitative estimate of drug-likeness (QED) is 0.473. The third kappa shape index (κ3) is 3.84. The van der Waals surface area contributed by atoms with Gasteiger partial charge in [0.1, 0.15) is 0 Å². The fraction of sp³-hybridized carbons (Fsp3) is 0.276. The molecular weight excluding hydrogens is 392 g/mol.